The minimum atomic E-state index is 1.17. The van der Waals surface area contributed by atoms with Crippen molar-refractivity contribution < 1.29 is 0 Å². The van der Waals surface area contributed by atoms with E-state index in [1.54, 1.807) is 0 Å². The molecule has 6 heteroatoms. The summed E-state index contributed by atoms with van der Waals surface area (Å²) in [5.41, 5.74) is 29.0. The molecule has 6 aromatic heterocycles. The van der Waals surface area contributed by atoms with Crippen molar-refractivity contribution in [1.29, 1.82) is 0 Å². The third-order valence-electron chi connectivity index (χ3n) is 23.2. The van der Waals surface area contributed by atoms with E-state index in [-0.39, 0.29) is 0 Å². The quantitative estimate of drug-likeness (QED) is 0.138. The van der Waals surface area contributed by atoms with Crippen LogP contribution in [0.2, 0.25) is 0 Å². The minimum absolute atomic E-state index is 1.17. The van der Waals surface area contributed by atoms with Gasteiger partial charge in [-0.3, -0.25) is 0 Å². The number of rotatable bonds is 9. The SMILES string of the molecule is c1cc(-c2ccc(-n3c4ccccc4c4ccccc43)cc2)cc(-n2c3ccccc3c3ccccc32)c1.c1cc(-c2cccc(-n3c4ccccc4c4ccccc43)c2)cc(-n2c3ccccc3c3ccccc32)c1.c1ccc(-n2c3ccccc3c3ccccc32)c(-c2ccc(-n3c4ccccc4c4ccccc43)cc2)c1. The topological polar surface area (TPSA) is 29.6 Å². The van der Waals surface area contributed by atoms with Crippen molar-refractivity contribution >= 4 is 131 Å². The van der Waals surface area contributed by atoms with Gasteiger partial charge in [0.25, 0.3) is 0 Å². The lowest BCUT2D eigenvalue weighted by molar-refractivity contribution is 1.17. The van der Waals surface area contributed by atoms with Gasteiger partial charge in [-0.2, -0.15) is 0 Å². The fourth-order valence-electron chi connectivity index (χ4n) is 18.2. The number of hydrogen-bond donors (Lipinski definition) is 0. The third-order valence-corrected chi connectivity index (χ3v) is 23.2. The highest BCUT2D eigenvalue weighted by atomic mass is 15.0. The summed E-state index contributed by atoms with van der Waals surface area (Å²) < 4.78 is 14.3. The van der Waals surface area contributed by atoms with E-state index in [2.05, 4.69) is 464 Å². The van der Waals surface area contributed by atoms with Crippen molar-refractivity contribution in [2.45, 2.75) is 0 Å². The first-order valence-electron chi connectivity index (χ1n) is 39.1. The van der Waals surface area contributed by atoms with E-state index in [4.69, 9.17) is 0 Å². The summed E-state index contributed by atoms with van der Waals surface area (Å²) in [6.45, 7) is 0. The summed E-state index contributed by atoms with van der Waals surface area (Å²) in [5.74, 6) is 0. The van der Waals surface area contributed by atoms with Crippen LogP contribution in [0.1, 0.15) is 0 Å². The molecule has 6 heterocycles. The van der Waals surface area contributed by atoms with Crippen molar-refractivity contribution in [1.82, 2.24) is 27.4 Å². The predicted octanol–water partition coefficient (Wildman–Crippen LogP) is 28.6. The molecule has 0 bridgehead atoms. The third kappa shape index (κ3) is 10.9. The molecule has 0 atom stereocenters. The van der Waals surface area contributed by atoms with Crippen LogP contribution in [0.3, 0.4) is 0 Å². The van der Waals surface area contributed by atoms with Crippen molar-refractivity contribution in [3.63, 3.8) is 0 Å². The Labute approximate surface area is 658 Å². The van der Waals surface area contributed by atoms with E-state index >= 15 is 0 Å². The number of fused-ring (bicyclic) bond motifs is 18. The molecular formula is C108H72N6. The van der Waals surface area contributed by atoms with Gasteiger partial charge in [0.2, 0.25) is 0 Å². The fraction of sp³-hybridized carbons (Fsp3) is 0. The van der Waals surface area contributed by atoms with E-state index in [0.29, 0.717) is 0 Å². The molecule has 0 N–H and O–H groups in total. The zero-order chi connectivity index (χ0) is 75.2. The molecule has 534 valence electrons. The van der Waals surface area contributed by atoms with Gasteiger partial charge in [0.05, 0.1) is 71.9 Å². The maximum absolute atomic E-state index is 2.40. The van der Waals surface area contributed by atoms with E-state index < -0.39 is 0 Å². The summed E-state index contributed by atoms with van der Waals surface area (Å²) >= 11 is 0. The zero-order valence-corrected chi connectivity index (χ0v) is 62.3. The van der Waals surface area contributed by atoms with Gasteiger partial charge in [0, 0.05) is 98.6 Å². The van der Waals surface area contributed by atoms with Crippen molar-refractivity contribution in [2.24, 2.45) is 0 Å². The second-order valence-electron chi connectivity index (χ2n) is 29.5. The molecule has 0 aliphatic heterocycles. The molecule has 24 aromatic rings. The van der Waals surface area contributed by atoms with Crippen LogP contribution in [0.4, 0.5) is 0 Å². The molecule has 6 nitrogen and oxygen atoms in total. The molecule has 0 fully saturated rings. The minimum Gasteiger partial charge on any atom is -0.309 e. The van der Waals surface area contributed by atoms with Gasteiger partial charge in [0.15, 0.2) is 0 Å². The highest BCUT2D eigenvalue weighted by molar-refractivity contribution is 6.14. The molecule has 0 amide bonds. The molecule has 0 aliphatic carbocycles. The lowest BCUT2D eigenvalue weighted by atomic mass is 10.0. The number of nitrogens with zero attached hydrogens (tertiary/aromatic N) is 6. The van der Waals surface area contributed by atoms with Crippen LogP contribution in [0.5, 0.6) is 0 Å². The molecule has 0 saturated heterocycles. The second kappa shape index (κ2) is 27.4. The Hall–Kier alpha value is -15.2. The Balaban J connectivity index is 0.000000104. The van der Waals surface area contributed by atoms with Gasteiger partial charge in [0.1, 0.15) is 0 Å². The molecule has 0 aliphatic rings. The van der Waals surface area contributed by atoms with E-state index in [1.165, 1.54) is 198 Å². The Morgan fingerprint density at radius 1 is 0.114 bits per heavy atom. The Morgan fingerprint density at radius 2 is 0.307 bits per heavy atom. The summed E-state index contributed by atoms with van der Waals surface area (Å²) in [6.07, 6.45) is 0. The maximum atomic E-state index is 2.40. The smallest absolute Gasteiger partial charge is 0.0541 e. The Morgan fingerprint density at radius 3 is 0.561 bits per heavy atom. The second-order valence-corrected chi connectivity index (χ2v) is 29.5. The van der Waals surface area contributed by atoms with Crippen LogP contribution in [-0.2, 0) is 0 Å². The molecule has 114 heavy (non-hydrogen) atoms. The van der Waals surface area contributed by atoms with Crippen LogP contribution in [-0.4, -0.2) is 27.4 Å². The Bertz CT molecular complexity index is 7390. The van der Waals surface area contributed by atoms with Crippen LogP contribution in [0, 0.1) is 0 Å². The van der Waals surface area contributed by atoms with Gasteiger partial charge in [-0.1, -0.05) is 297 Å². The molecule has 18 aromatic carbocycles. The van der Waals surface area contributed by atoms with Crippen molar-refractivity contribution in [3.05, 3.63) is 437 Å². The summed E-state index contributed by atoms with van der Waals surface area (Å²) in [6, 6.07) is 157. The largest absolute Gasteiger partial charge is 0.309 e. The number of hydrogen-bond acceptors (Lipinski definition) is 0. The maximum Gasteiger partial charge on any atom is 0.0541 e. The number of aromatic nitrogens is 6. The molecule has 0 unspecified atom stereocenters. The molecular weight excluding hydrogens is 1380 g/mol. The van der Waals surface area contributed by atoms with Crippen molar-refractivity contribution in [3.8, 4) is 67.5 Å². The van der Waals surface area contributed by atoms with Gasteiger partial charge in [-0.25, -0.2) is 0 Å². The first-order chi connectivity index (χ1) is 56.6. The van der Waals surface area contributed by atoms with E-state index in [1.807, 2.05) is 0 Å². The Kier molecular flexibility index (Phi) is 15.8. The molecule has 24 rings (SSSR count). The van der Waals surface area contributed by atoms with Crippen LogP contribution < -0.4 is 0 Å². The van der Waals surface area contributed by atoms with Gasteiger partial charge in [-0.15, -0.1) is 0 Å². The summed E-state index contributed by atoms with van der Waals surface area (Å²) in [7, 11) is 0. The monoisotopic (exact) mass is 1450 g/mol. The first kappa shape index (κ1) is 65.8. The zero-order valence-electron chi connectivity index (χ0n) is 62.3. The average molecular weight is 1450 g/mol. The normalized spacial score (nSPS) is 11.7. The summed E-state index contributed by atoms with van der Waals surface area (Å²) in [5, 5.41) is 15.4. The predicted molar refractivity (Wildman–Crippen MR) is 482 cm³/mol. The molecule has 0 spiro atoms. The highest BCUT2D eigenvalue weighted by Gasteiger charge is 2.21. The number of benzene rings is 18. The van der Waals surface area contributed by atoms with Gasteiger partial charge >= 0.3 is 0 Å². The first-order valence-corrected chi connectivity index (χ1v) is 39.1. The van der Waals surface area contributed by atoms with E-state index in [0.717, 1.165) is 0 Å². The highest BCUT2D eigenvalue weighted by Crippen LogP contribution is 2.42. The molecule has 0 radical (unpaired) electrons. The number of para-hydroxylation sites is 13. The van der Waals surface area contributed by atoms with Gasteiger partial charge in [-0.05, 0) is 167 Å². The van der Waals surface area contributed by atoms with Crippen LogP contribution in [0.25, 0.3) is 198 Å². The summed E-state index contributed by atoms with van der Waals surface area (Å²) in [4.78, 5) is 0. The standard InChI is InChI=1S/3C36H24N2/c1-6-16-32(38-35-19-9-4-14-30(35)31-15-5-10-20-36(31)38)27(11-1)25-21-23-26(24-22-25)37-33-17-7-2-12-28(33)29-13-3-8-18-34(29)37;1-5-19-33-29(15-1)30-16-2-6-20-34(30)37(33)27-13-9-11-25(23-27)26-12-10-14-28(24-26)38-35-21-7-3-17-31(35)32-18-4-8-22-36(32)38;1-5-16-33-29(12-1)30-13-2-6-17-34(30)37(33)27-22-20-25(21-23-27)26-10-9-11-28(24-26)38-35-18-7-3-14-31(35)32-15-4-8-19-36(32)38/h3*1-24H. The van der Waals surface area contributed by atoms with Crippen molar-refractivity contribution in [2.75, 3.05) is 0 Å². The average Bonchev–Trinajstić information content (AvgIpc) is 1.39. The lowest BCUT2D eigenvalue weighted by Gasteiger charge is -2.15. The van der Waals surface area contributed by atoms with E-state index in [9.17, 15) is 0 Å². The van der Waals surface area contributed by atoms with Crippen LogP contribution >= 0.6 is 0 Å². The fourth-order valence-corrected chi connectivity index (χ4v) is 18.2. The van der Waals surface area contributed by atoms with Crippen LogP contribution in [0.15, 0.2) is 437 Å². The van der Waals surface area contributed by atoms with Gasteiger partial charge < -0.3 is 27.4 Å². The lowest BCUT2D eigenvalue weighted by Crippen LogP contribution is -1.97. The molecule has 0 saturated carbocycles.